The van der Waals surface area contributed by atoms with Gasteiger partial charge in [-0.1, -0.05) is 19.9 Å². The predicted octanol–water partition coefficient (Wildman–Crippen LogP) is 3.69. The Morgan fingerprint density at radius 3 is 2.61 bits per heavy atom. The molecule has 1 saturated heterocycles. The number of Topliss-reactive ketones (excluding diaryl/α,β-unsaturated/α-hetero) is 1. The molecule has 36 heavy (non-hydrogen) atoms. The second kappa shape index (κ2) is 8.87. The molecule has 3 aliphatic rings. The van der Waals surface area contributed by atoms with Gasteiger partial charge in [0, 0.05) is 24.1 Å². The number of cyclic esters (lactones) is 1. The Hall–Kier alpha value is -3.49. The summed E-state index contributed by atoms with van der Waals surface area (Å²) in [6.07, 6.45) is 4.11. The molecular formula is C27H29NO8. The maximum Gasteiger partial charge on any atom is 0.357 e. The van der Waals surface area contributed by atoms with E-state index in [0.717, 1.165) is 0 Å². The lowest BCUT2D eigenvalue weighted by atomic mass is 9.43. The minimum Gasteiger partial charge on any atom is -0.472 e. The van der Waals surface area contributed by atoms with Crippen molar-refractivity contribution in [2.45, 2.75) is 51.7 Å². The average molecular weight is 496 g/mol. The highest BCUT2D eigenvalue weighted by Crippen LogP contribution is 2.65. The summed E-state index contributed by atoms with van der Waals surface area (Å²) in [6.45, 7) is 3.84. The van der Waals surface area contributed by atoms with Gasteiger partial charge >= 0.3 is 17.9 Å². The van der Waals surface area contributed by atoms with Crippen LogP contribution in [-0.2, 0) is 28.6 Å². The number of carbonyl (C=O) groups excluding carboxylic acids is 4. The van der Waals surface area contributed by atoms with E-state index < -0.39 is 52.7 Å². The Balaban J connectivity index is 1.54. The molecule has 2 aromatic heterocycles. The maximum atomic E-state index is 14.1. The SMILES string of the molecule is COC(=O)[C@@H]1C[C@H](OC(=O)c2ccccn2)C(=O)[C@H]2[C@@]1(C)CC[C@H]1C(=O)O[C@H](c3ccoc3)C[C@]21C. The minimum atomic E-state index is -1.16. The highest BCUT2D eigenvalue weighted by atomic mass is 16.6. The molecule has 0 N–H and O–H groups in total. The van der Waals surface area contributed by atoms with Crippen LogP contribution in [0.1, 0.15) is 61.7 Å². The second-order valence-electron chi connectivity index (χ2n) is 10.5. The van der Waals surface area contributed by atoms with Crippen molar-refractivity contribution in [3.8, 4) is 0 Å². The summed E-state index contributed by atoms with van der Waals surface area (Å²) in [5, 5.41) is 0. The Kier molecular flexibility index (Phi) is 5.97. The molecule has 2 aromatic rings. The number of hydrogen-bond acceptors (Lipinski definition) is 9. The summed E-state index contributed by atoms with van der Waals surface area (Å²) in [5.41, 5.74) is -0.825. The van der Waals surface area contributed by atoms with Crippen molar-refractivity contribution in [2.24, 2.45) is 28.6 Å². The van der Waals surface area contributed by atoms with Gasteiger partial charge in [0.2, 0.25) is 0 Å². The largest absolute Gasteiger partial charge is 0.472 e. The Morgan fingerprint density at radius 2 is 1.94 bits per heavy atom. The monoisotopic (exact) mass is 495 g/mol. The summed E-state index contributed by atoms with van der Waals surface area (Å²) >= 11 is 0. The van der Waals surface area contributed by atoms with E-state index in [1.54, 1.807) is 18.2 Å². The molecule has 3 heterocycles. The zero-order valence-corrected chi connectivity index (χ0v) is 20.5. The van der Waals surface area contributed by atoms with E-state index in [0.29, 0.717) is 24.8 Å². The number of carbonyl (C=O) groups is 4. The molecule has 3 fully saturated rings. The molecule has 5 rings (SSSR count). The molecule has 0 bridgehead atoms. The van der Waals surface area contributed by atoms with Crippen LogP contribution in [0.15, 0.2) is 47.4 Å². The molecule has 1 aliphatic heterocycles. The number of pyridine rings is 1. The van der Waals surface area contributed by atoms with E-state index in [4.69, 9.17) is 18.6 Å². The minimum absolute atomic E-state index is 0.0213. The number of esters is 3. The van der Waals surface area contributed by atoms with Gasteiger partial charge in [-0.25, -0.2) is 9.78 Å². The summed E-state index contributed by atoms with van der Waals surface area (Å²) in [7, 11) is 1.31. The predicted molar refractivity (Wildman–Crippen MR) is 123 cm³/mol. The van der Waals surface area contributed by atoms with Gasteiger partial charge in [-0.05, 0) is 48.3 Å². The first kappa shape index (κ1) is 24.2. The van der Waals surface area contributed by atoms with E-state index in [1.165, 1.54) is 31.9 Å². The fourth-order valence-electron chi connectivity index (χ4n) is 6.94. The standard InChI is InChI=1S/C27H29NO8/c1-26-9-7-16-24(31)36-20(15-8-11-34-14-15)13-27(16,2)22(26)21(29)19(12-17(26)23(30)33-3)35-25(32)18-6-4-5-10-28-18/h4-6,8,10-11,14,16-17,19-20,22H,7,9,12-13H2,1-3H3/t16-,17-,19-,20-,22-,26-,27-/m0/s1. The van der Waals surface area contributed by atoms with Crippen molar-refractivity contribution in [2.75, 3.05) is 7.11 Å². The number of fused-ring (bicyclic) bond motifs is 3. The van der Waals surface area contributed by atoms with Crippen LogP contribution in [0.4, 0.5) is 0 Å². The molecule has 2 saturated carbocycles. The fraction of sp³-hybridized carbons (Fsp3) is 0.519. The number of hydrogen-bond donors (Lipinski definition) is 0. The molecule has 0 radical (unpaired) electrons. The van der Waals surface area contributed by atoms with Crippen LogP contribution < -0.4 is 0 Å². The lowest BCUT2D eigenvalue weighted by Gasteiger charge is -2.60. The van der Waals surface area contributed by atoms with Gasteiger partial charge in [-0.3, -0.25) is 14.4 Å². The smallest absolute Gasteiger partial charge is 0.357 e. The second-order valence-corrected chi connectivity index (χ2v) is 10.5. The van der Waals surface area contributed by atoms with Crippen LogP contribution in [0.2, 0.25) is 0 Å². The van der Waals surface area contributed by atoms with Crippen LogP contribution in [0.5, 0.6) is 0 Å². The number of furan rings is 1. The zero-order chi connectivity index (χ0) is 25.7. The normalized spacial score (nSPS) is 35.7. The highest BCUT2D eigenvalue weighted by molar-refractivity contribution is 5.95. The fourth-order valence-corrected chi connectivity index (χ4v) is 6.94. The average Bonchev–Trinajstić information content (AvgIpc) is 3.40. The van der Waals surface area contributed by atoms with Crippen LogP contribution in [0.3, 0.4) is 0 Å². The molecule has 2 aliphatic carbocycles. The van der Waals surface area contributed by atoms with Gasteiger partial charge in [-0.15, -0.1) is 0 Å². The molecule has 0 amide bonds. The van der Waals surface area contributed by atoms with E-state index in [9.17, 15) is 19.2 Å². The topological polar surface area (TPSA) is 122 Å². The van der Waals surface area contributed by atoms with Gasteiger partial charge in [0.15, 0.2) is 11.9 Å². The van der Waals surface area contributed by atoms with Crippen molar-refractivity contribution >= 4 is 23.7 Å². The van der Waals surface area contributed by atoms with Crippen molar-refractivity contribution in [1.82, 2.24) is 4.98 Å². The van der Waals surface area contributed by atoms with Crippen molar-refractivity contribution in [3.63, 3.8) is 0 Å². The molecule has 0 unspecified atom stereocenters. The van der Waals surface area contributed by atoms with Crippen LogP contribution in [0.25, 0.3) is 0 Å². The third kappa shape index (κ3) is 3.72. The summed E-state index contributed by atoms with van der Waals surface area (Å²) < 4.78 is 21.8. The van der Waals surface area contributed by atoms with E-state index >= 15 is 0 Å². The third-order valence-corrected chi connectivity index (χ3v) is 8.63. The first-order valence-electron chi connectivity index (χ1n) is 12.1. The van der Waals surface area contributed by atoms with Crippen LogP contribution in [0, 0.1) is 28.6 Å². The first-order chi connectivity index (χ1) is 17.2. The third-order valence-electron chi connectivity index (χ3n) is 8.63. The number of nitrogens with zero attached hydrogens (tertiary/aromatic N) is 1. The number of ketones is 1. The summed E-state index contributed by atoms with van der Waals surface area (Å²) in [6, 6.07) is 6.56. The van der Waals surface area contributed by atoms with Gasteiger partial charge in [-0.2, -0.15) is 0 Å². The summed E-state index contributed by atoms with van der Waals surface area (Å²) in [5.74, 6) is -3.79. The van der Waals surface area contributed by atoms with Crippen LogP contribution in [-0.4, -0.2) is 41.9 Å². The van der Waals surface area contributed by atoms with Gasteiger partial charge in [0.25, 0.3) is 0 Å². The molecule has 0 aromatic carbocycles. The molecule has 0 spiro atoms. The van der Waals surface area contributed by atoms with E-state index in [-0.39, 0.29) is 23.9 Å². The molecule has 7 atom stereocenters. The van der Waals surface area contributed by atoms with E-state index in [1.807, 2.05) is 13.8 Å². The van der Waals surface area contributed by atoms with Crippen molar-refractivity contribution in [1.29, 1.82) is 0 Å². The molecule has 190 valence electrons. The number of methoxy groups -OCH3 is 1. The van der Waals surface area contributed by atoms with Crippen molar-refractivity contribution < 1.29 is 37.8 Å². The Morgan fingerprint density at radius 1 is 1.14 bits per heavy atom. The van der Waals surface area contributed by atoms with Gasteiger partial charge in [0.05, 0.1) is 31.5 Å². The van der Waals surface area contributed by atoms with Gasteiger partial charge in [0.1, 0.15) is 11.8 Å². The Bertz CT molecular complexity index is 1180. The Labute approximate surface area is 208 Å². The van der Waals surface area contributed by atoms with Crippen LogP contribution >= 0.6 is 0 Å². The molecule has 9 heteroatoms. The number of rotatable bonds is 4. The lowest BCUT2D eigenvalue weighted by molar-refractivity contribution is -0.208. The van der Waals surface area contributed by atoms with Gasteiger partial charge < -0.3 is 18.6 Å². The van der Waals surface area contributed by atoms with E-state index in [2.05, 4.69) is 4.98 Å². The number of aromatic nitrogens is 1. The molecular weight excluding hydrogens is 466 g/mol. The van der Waals surface area contributed by atoms with Crippen molar-refractivity contribution in [3.05, 3.63) is 54.2 Å². The maximum absolute atomic E-state index is 14.1. The zero-order valence-electron chi connectivity index (χ0n) is 20.5. The molecule has 9 nitrogen and oxygen atoms in total. The lowest BCUT2D eigenvalue weighted by Crippen LogP contribution is -2.64. The summed E-state index contributed by atoms with van der Waals surface area (Å²) in [4.78, 5) is 57.2. The quantitative estimate of drug-likeness (QED) is 0.462. The highest BCUT2D eigenvalue weighted by Gasteiger charge is 2.67. The first-order valence-corrected chi connectivity index (χ1v) is 12.1. The number of ether oxygens (including phenoxy) is 3.